The molecule has 0 bridgehead atoms. The third kappa shape index (κ3) is 4.17. The predicted octanol–water partition coefficient (Wildman–Crippen LogP) is 12.5. The van der Waals surface area contributed by atoms with Crippen molar-refractivity contribution >= 4 is 65.6 Å². The van der Waals surface area contributed by atoms with Crippen LogP contribution in [0.15, 0.2) is 180 Å². The van der Waals surface area contributed by atoms with E-state index in [1.165, 1.54) is 32.6 Å². The van der Waals surface area contributed by atoms with E-state index in [4.69, 9.17) is 9.40 Å². The summed E-state index contributed by atoms with van der Waals surface area (Å²) in [4.78, 5) is 5.32. The third-order valence-electron chi connectivity index (χ3n) is 10.3. The van der Waals surface area contributed by atoms with Crippen LogP contribution in [0.2, 0.25) is 0 Å². The van der Waals surface area contributed by atoms with Crippen molar-refractivity contribution < 1.29 is 4.42 Å². The van der Waals surface area contributed by atoms with Crippen LogP contribution in [-0.2, 0) is 0 Å². The van der Waals surface area contributed by atoms with Crippen molar-refractivity contribution in [2.45, 2.75) is 0 Å². The first-order valence-corrected chi connectivity index (χ1v) is 17.3. The molecule has 0 fully saturated rings. The number of benzene rings is 7. The minimum atomic E-state index is 0.847. The normalized spacial score (nSPS) is 11.9. The summed E-state index contributed by atoms with van der Waals surface area (Å²) in [6, 6.07) is 62.4. The number of nitrogens with zero attached hydrogens (tertiary/aromatic N) is 3. The summed E-state index contributed by atoms with van der Waals surface area (Å²) in [5.41, 5.74) is 12.4. The molecule has 4 nitrogen and oxygen atoms in total. The van der Waals surface area contributed by atoms with Gasteiger partial charge in [0, 0.05) is 49.1 Å². The average molecular weight is 652 g/mol. The van der Waals surface area contributed by atoms with E-state index >= 15 is 0 Å². The van der Waals surface area contributed by atoms with Gasteiger partial charge in [0.05, 0.1) is 39.1 Å². The van der Waals surface area contributed by atoms with Gasteiger partial charge in [0.15, 0.2) is 0 Å². The molecular formula is C47H29N3O. The van der Waals surface area contributed by atoms with Crippen molar-refractivity contribution in [3.05, 3.63) is 176 Å². The maximum atomic E-state index is 6.53. The zero-order valence-electron chi connectivity index (χ0n) is 27.5. The zero-order chi connectivity index (χ0) is 33.5. The van der Waals surface area contributed by atoms with Gasteiger partial charge >= 0.3 is 0 Å². The molecule has 0 radical (unpaired) electrons. The van der Waals surface area contributed by atoms with Crippen LogP contribution < -0.4 is 0 Å². The van der Waals surface area contributed by atoms with Gasteiger partial charge in [-0.05, 0) is 60.7 Å². The summed E-state index contributed by atoms with van der Waals surface area (Å²) < 4.78 is 11.3. The SMILES string of the molecule is c1ccc(-c2cc(-n3c4ccccc4c4cc5c(cc43)c3ccccc3n5-c3ccccc3)cc(-c3cccc4c3oc3ccccc34)n2)cc1. The Balaban J connectivity index is 1.24. The van der Waals surface area contributed by atoms with Gasteiger partial charge in [-0.1, -0.05) is 115 Å². The third-order valence-corrected chi connectivity index (χ3v) is 10.3. The second-order valence-electron chi connectivity index (χ2n) is 13.2. The predicted molar refractivity (Wildman–Crippen MR) is 211 cm³/mol. The monoisotopic (exact) mass is 651 g/mol. The molecule has 0 saturated heterocycles. The molecule has 0 unspecified atom stereocenters. The number of aromatic nitrogens is 3. The highest BCUT2D eigenvalue weighted by atomic mass is 16.3. The smallest absolute Gasteiger partial charge is 0.144 e. The van der Waals surface area contributed by atoms with E-state index in [9.17, 15) is 0 Å². The molecule has 51 heavy (non-hydrogen) atoms. The van der Waals surface area contributed by atoms with Gasteiger partial charge in [0.2, 0.25) is 0 Å². The lowest BCUT2D eigenvalue weighted by Crippen LogP contribution is -1.98. The molecule has 0 aliphatic carbocycles. The quantitative estimate of drug-likeness (QED) is 0.190. The largest absolute Gasteiger partial charge is 0.455 e. The Labute approximate surface area is 293 Å². The van der Waals surface area contributed by atoms with Crippen LogP contribution in [0.5, 0.6) is 0 Å². The van der Waals surface area contributed by atoms with Crippen molar-refractivity contribution in [2.75, 3.05) is 0 Å². The first-order chi connectivity index (χ1) is 25.3. The molecular weight excluding hydrogens is 623 g/mol. The summed E-state index contributed by atoms with van der Waals surface area (Å²) in [6.07, 6.45) is 0. The Morgan fingerprint density at radius 3 is 1.63 bits per heavy atom. The van der Waals surface area contributed by atoms with E-state index in [-0.39, 0.29) is 0 Å². The van der Waals surface area contributed by atoms with Crippen LogP contribution in [0.1, 0.15) is 0 Å². The van der Waals surface area contributed by atoms with E-state index in [2.05, 4.69) is 167 Å². The van der Waals surface area contributed by atoms with E-state index in [1.807, 2.05) is 18.2 Å². The Bertz CT molecular complexity index is 3130. The molecule has 0 spiro atoms. The number of pyridine rings is 1. The fourth-order valence-electron chi connectivity index (χ4n) is 8.05. The van der Waals surface area contributed by atoms with Gasteiger partial charge in [-0.2, -0.15) is 0 Å². The molecule has 7 aromatic carbocycles. The Hall–Kier alpha value is -6.91. The van der Waals surface area contributed by atoms with Gasteiger partial charge in [-0.25, -0.2) is 4.98 Å². The maximum absolute atomic E-state index is 6.53. The van der Waals surface area contributed by atoms with Crippen molar-refractivity contribution in [1.82, 2.24) is 14.1 Å². The maximum Gasteiger partial charge on any atom is 0.144 e. The molecule has 11 rings (SSSR count). The molecule has 0 N–H and O–H groups in total. The molecule has 4 heteroatoms. The molecule has 0 saturated carbocycles. The highest BCUT2D eigenvalue weighted by Gasteiger charge is 2.20. The number of furan rings is 1. The molecule has 11 aromatic rings. The summed E-state index contributed by atoms with van der Waals surface area (Å²) in [6.45, 7) is 0. The van der Waals surface area contributed by atoms with E-state index < -0.39 is 0 Å². The molecule has 238 valence electrons. The number of para-hydroxylation sites is 5. The van der Waals surface area contributed by atoms with E-state index in [0.717, 1.165) is 66.9 Å². The standard InChI is InChI=1S/C47H29N3O/c1-3-14-30(15-4-1)40-26-32(27-41(48-40)37-22-13-21-36-35-20-9-12-25-46(35)51-47(36)37)50-43-24-11-8-19-34(43)39-28-44-38(29-45(39)50)33-18-7-10-23-42(33)49(44)31-16-5-2-6-17-31/h1-29H. The van der Waals surface area contributed by atoms with Crippen LogP contribution in [-0.4, -0.2) is 14.1 Å². The molecule has 0 aliphatic heterocycles. The summed E-state index contributed by atoms with van der Waals surface area (Å²) in [7, 11) is 0. The topological polar surface area (TPSA) is 35.9 Å². The van der Waals surface area contributed by atoms with Crippen molar-refractivity contribution in [1.29, 1.82) is 0 Å². The minimum Gasteiger partial charge on any atom is -0.455 e. The van der Waals surface area contributed by atoms with Crippen molar-refractivity contribution in [3.8, 4) is 33.9 Å². The highest BCUT2D eigenvalue weighted by molar-refractivity contribution is 6.19. The first kappa shape index (κ1) is 28.0. The average Bonchev–Trinajstić information content (AvgIpc) is 3.85. The second-order valence-corrected chi connectivity index (χ2v) is 13.2. The van der Waals surface area contributed by atoms with Crippen LogP contribution in [0.25, 0.3) is 99.4 Å². The molecule has 0 atom stereocenters. The number of hydrogen-bond donors (Lipinski definition) is 0. The van der Waals surface area contributed by atoms with E-state index in [0.29, 0.717) is 0 Å². The van der Waals surface area contributed by atoms with Gasteiger partial charge in [-0.15, -0.1) is 0 Å². The highest BCUT2D eigenvalue weighted by Crippen LogP contribution is 2.41. The molecule has 0 aliphatic rings. The summed E-state index contributed by atoms with van der Waals surface area (Å²) in [5.74, 6) is 0. The number of rotatable bonds is 4. The van der Waals surface area contributed by atoms with Crippen LogP contribution in [0.4, 0.5) is 0 Å². The zero-order valence-corrected chi connectivity index (χ0v) is 27.5. The Morgan fingerprint density at radius 2 is 0.922 bits per heavy atom. The lowest BCUT2D eigenvalue weighted by Gasteiger charge is -2.13. The number of fused-ring (bicyclic) bond motifs is 9. The van der Waals surface area contributed by atoms with Crippen molar-refractivity contribution in [2.24, 2.45) is 0 Å². The summed E-state index contributed by atoms with van der Waals surface area (Å²) >= 11 is 0. The first-order valence-electron chi connectivity index (χ1n) is 17.3. The second kappa shape index (κ2) is 10.8. The van der Waals surface area contributed by atoms with Gasteiger partial charge in [-0.3, -0.25) is 0 Å². The molecule has 4 aromatic heterocycles. The van der Waals surface area contributed by atoms with Gasteiger partial charge in [0.25, 0.3) is 0 Å². The van der Waals surface area contributed by atoms with Crippen LogP contribution in [0.3, 0.4) is 0 Å². The fourth-order valence-corrected chi connectivity index (χ4v) is 8.05. The van der Waals surface area contributed by atoms with Gasteiger partial charge < -0.3 is 13.6 Å². The molecule has 0 amide bonds. The van der Waals surface area contributed by atoms with Crippen LogP contribution in [0, 0.1) is 0 Å². The van der Waals surface area contributed by atoms with E-state index in [1.54, 1.807) is 0 Å². The van der Waals surface area contributed by atoms with Gasteiger partial charge in [0.1, 0.15) is 11.2 Å². The molecule has 4 heterocycles. The Morgan fingerprint density at radius 1 is 0.373 bits per heavy atom. The lowest BCUT2D eigenvalue weighted by molar-refractivity contribution is 0.670. The van der Waals surface area contributed by atoms with Crippen LogP contribution >= 0.6 is 0 Å². The van der Waals surface area contributed by atoms with Crippen molar-refractivity contribution in [3.63, 3.8) is 0 Å². The Kier molecular flexibility index (Phi) is 5.92. The lowest BCUT2D eigenvalue weighted by atomic mass is 10.0. The fraction of sp³-hybridized carbons (Fsp3) is 0. The summed E-state index contributed by atoms with van der Waals surface area (Å²) in [5, 5.41) is 7.05. The minimum absolute atomic E-state index is 0.847. The number of hydrogen-bond acceptors (Lipinski definition) is 2.